The van der Waals surface area contributed by atoms with Crippen molar-refractivity contribution in [1.82, 2.24) is 4.90 Å². The van der Waals surface area contributed by atoms with E-state index in [4.69, 9.17) is 5.11 Å². The summed E-state index contributed by atoms with van der Waals surface area (Å²) in [5.41, 5.74) is 0. The number of hydrogen-bond acceptors (Lipinski definition) is 2. The minimum absolute atomic E-state index is 0.0699. The van der Waals surface area contributed by atoms with Crippen LogP contribution in [0, 0.1) is 5.92 Å². The maximum absolute atomic E-state index is 12.4. The summed E-state index contributed by atoms with van der Waals surface area (Å²) >= 11 is 0. The molecule has 116 valence electrons. The first-order chi connectivity index (χ1) is 8.94. The van der Waals surface area contributed by atoms with Gasteiger partial charge in [-0.1, -0.05) is 0 Å². The highest BCUT2D eigenvalue weighted by atomic mass is 19.4. The van der Waals surface area contributed by atoms with Crippen LogP contribution in [0.4, 0.5) is 26.3 Å². The molecule has 1 atom stereocenters. The van der Waals surface area contributed by atoms with Crippen LogP contribution in [0.15, 0.2) is 0 Å². The molecule has 1 rings (SSSR count). The summed E-state index contributed by atoms with van der Waals surface area (Å²) in [6, 6.07) is -1.13. The van der Waals surface area contributed by atoms with Crippen molar-refractivity contribution in [3.05, 3.63) is 0 Å². The Bertz CT molecular complexity index is 377. The molecule has 0 spiro atoms. The minimum atomic E-state index is -5.76. The quantitative estimate of drug-likeness (QED) is 0.813. The molecule has 0 aromatic carbocycles. The van der Waals surface area contributed by atoms with Gasteiger partial charge >= 0.3 is 18.3 Å². The van der Waals surface area contributed by atoms with Gasteiger partial charge in [0, 0.05) is 12.6 Å². The number of rotatable bonds is 3. The molecule has 1 fully saturated rings. The Labute approximate surface area is 109 Å². The first-order valence-electron chi connectivity index (χ1n) is 5.60. The monoisotopic (exact) mass is 307 g/mol. The summed E-state index contributed by atoms with van der Waals surface area (Å²) < 4.78 is 74.6. The molecule has 0 aromatic rings. The Morgan fingerprint density at radius 1 is 1.15 bits per heavy atom. The number of amides is 1. The standard InChI is InChI=1S/C10H11F6NO3/c11-9(12,13)7(10(14,15)16)8(20)17-3-1-2-5(17)4-6(18)19/h5,7H,1-4H2,(H,18,19). The lowest BCUT2D eigenvalue weighted by Crippen LogP contribution is -2.51. The van der Waals surface area contributed by atoms with E-state index in [1.165, 1.54) is 0 Å². The highest BCUT2D eigenvalue weighted by Crippen LogP contribution is 2.41. The van der Waals surface area contributed by atoms with E-state index < -0.39 is 42.6 Å². The first-order valence-corrected chi connectivity index (χ1v) is 5.60. The summed E-state index contributed by atoms with van der Waals surface area (Å²) in [5.74, 6) is -7.62. The molecule has 0 radical (unpaired) electrons. The summed E-state index contributed by atoms with van der Waals surface area (Å²) in [6.07, 6.45) is -11.9. The number of halogens is 6. The lowest BCUT2D eigenvalue weighted by Gasteiger charge is -2.30. The zero-order valence-corrected chi connectivity index (χ0v) is 9.96. The van der Waals surface area contributed by atoms with Gasteiger partial charge in [-0.2, -0.15) is 26.3 Å². The number of nitrogens with zero attached hydrogens (tertiary/aromatic N) is 1. The number of carboxylic acid groups (broad SMARTS) is 1. The van der Waals surface area contributed by atoms with Crippen LogP contribution in [0.25, 0.3) is 0 Å². The summed E-state index contributed by atoms with van der Waals surface area (Å²) in [6.45, 7) is -0.306. The second-order valence-corrected chi connectivity index (χ2v) is 4.44. The fraction of sp³-hybridized carbons (Fsp3) is 0.800. The van der Waals surface area contributed by atoms with Crippen molar-refractivity contribution in [2.75, 3.05) is 6.54 Å². The van der Waals surface area contributed by atoms with Crippen LogP contribution in [0.2, 0.25) is 0 Å². The van der Waals surface area contributed by atoms with Crippen molar-refractivity contribution in [3.8, 4) is 0 Å². The number of alkyl halides is 6. The van der Waals surface area contributed by atoms with E-state index in [9.17, 15) is 35.9 Å². The van der Waals surface area contributed by atoms with Gasteiger partial charge in [0.05, 0.1) is 6.42 Å². The van der Waals surface area contributed by atoms with E-state index in [1.54, 1.807) is 0 Å². The molecular weight excluding hydrogens is 296 g/mol. The summed E-state index contributed by atoms with van der Waals surface area (Å²) in [4.78, 5) is 22.4. The SMILES string of the molecule is O=C(O)CC1CCCN1C(=O)C(C(F)(F)F)C(F)(F)F. The molecule has 1 saturated heterocycles. The molecule has 1 unspecified atom stereocenters. The van der Waals surface area contributed by atoms with Crippen molar-refractivity contribution in [2.24, 2.45) is 5.92 Å². The molecule has 1 amide bonds. The molecule has 10 heteroatoms. The average Bonchev–Trinajstić information content (AvgIpc) is 2.59. The zero-order chi connectivity index (χ0) is 15.7. The lowest BCUT2D eigenvalue weighted by molar-refractivity contribution is -0.277. The Balaban J connectivity index is 2.98. The predicted molar refractivity (Wildman–Crippen MR) is 52.6 cm³/mol. The number of hydrogen-bond donors (Lipinski definition) is 1. The maximum atomic E-state index is 12.4. The van der Waals surface area contributed by atoms with E-state index in [1.807, 2.05) is 0 Å². The van der Waals surface area contributed by atoms with E-state index >= 15 is 0 Å². The van der Waals surface area contributed by atoms with Crippen LogP contribution in [-0.4, -0.2) is 46.8 Å². The lowest BCUT2D eigenvalue weighted by atomic mass is 10.1. The topological polar surface area (TPSA) is 57.6 Å². The molecule has 1 aliphatic heterocycles. The van der Waals surface area contributed by atoms with Gasteiger partial charge in [-0.05, 0) is 12.8 Å². The van der Waals surface area contributed by atoms with Gasteiger partial charge in [-0.25, -0.2) is 0 Å². The number of carbonyl (C=O) groups is 2. The zero-order valence-electron chi connectivity index (χ0n) is 9.96. The number of aliphatic carboxylic acids is 1. The number of carbonyl (C=O) groups excluding carboxylic acids is 1. The third-order valence-corrected chi connectivity index (χ3v) is 2.97. The average molecular weight is 307 g/mol. The van der Waals surface area contributed by atoms with Crippen LogP contribution in [0.1, 0.15) is 19.3 Å². The highest BCUT2D eigenvalue weighted by molar-refractivity contribution is 5.81. The third kappa shape index (κ3) is 3.76. The second-order valence-electron chi connectivity index (χ2n) is 4.44. The Morgan fingerprint density at radius 3 is 2.05 bits per heavy atom. The van der Waals surface area contributed by atoms with Gasteiger partial charge in [-0.3, -0.25) is 9.59 Å². The van der Waals surface area contributed by atoms with Crippen LogP contribution >= 0.6 is 0 Å². The van der Waals surface area contributed by atoms with Crippen molar-refractivity contribution in [1.29, 1.82) is 0 Å². The van der Waals surface area contributed by atoms with Crippen LogP contribution in [-0.2, 0) is 9.59 Å². The third-order valence-electron chi connectivity index (χ3n) is 2.97. The Kier molecular flexibility index (Phi) is 4.55. The highest BCUT2D eigenvalue weighted by Gasteiger charge is 2.62. The van der Waals surface area contributed by atoms with Crippen LogP contribution < -0.4 is 0 Å². The molecule has 1 aliphatic rings. The minimum Gasteiger partial charge on any atom is -0.481 e. The van der Waals surface area contributed by atoms with E-state index in [0.29, 0.717) is 4.90 Å². The predicted octanol–water partition coefficient (Wildman–Crippen LogP) is 2.19. The molecule has 20 heavy (non-hydrogen) atoms. The second kappa shape index (κ2) is 5.49. The van der Waals surface area contributed by atoms with Gasteiger partial charge in [-0.15, -0.1) is 0 Å². The fourth-order valence-corrected chi connectivity index (χ4v) is 2.17. The van der Waals surface area contributed by atoms with Crippen LogP contribution in [0.5, 0.6) is 0 Å². The first kappa shape index (κ1) is 16.6. The van der Waals surface area contributed by atoms with Crippen molar-refractivity contribution >= 4 is 11.9 Å². The van der Waals surface area contributed by atoms with Crippen molar-refractivity contribution in [3.63, 3.8) is 0 Å². The molecule has 1 heterocycles. The molecule has 0 aromatic heterocycles. The number of carboxylic acids is 1. The summed E-state index contributed by atoms with van der Waals surface area (Å²) in [7, 11) is 0. The smallest absolute Gasteiger partial charge is 0.409 e. The fourth-order valence-electron chi connectivity index (χ4n) is 2.17. The van der Waals surface area contributed by atoms with Crippen LogP contribution in [0.3, 0.4) is 0 Å². The normalized spacial score (nSPS) is 20.6. The van der Waals surface area contributed by atoms with Crippen molar-refractivity contribution in [2.45, 2.75) is 37.7 Å². The molecule has 0 saturated carbocycles. The number of likely N-dealkylation sites (tertiary alicyclic amines) is 1. The maximum Gasteiger partial charge on any atom is 0.409 e. The van der Waals surface area contributed by atoms with Gasteiger partial charge in [0.2, 0.25) is 11.8 Å². The molecule has 0 bridgehead atoms. The van der Waals surface area contributed by atoms with E-state index in [0.717, 1.165) is 0 Å². The van der Waals surface area contributed by atoms with Gasteiger partial charge in [0.1, 0.15) is 0 Å². The van der Waals surface area contributed by atoms with Gasteiger partial charge < -0.3 is 10.0 Å². The largest absolute Gasteiger partial charge is 0.481 e. The van der Waals surface area contributed by atoms with Gasteiger partial charge in [0.25, 0.3) is 0 Å². The molecular formula is C10H11F6NO3. The molecule has 1 N–H and O–H groups in total. The van der Waals surface area contributed by atoms with Crippen molar-refractivity contribution < 1.29 is 41.0 Å². The van der Waals surface area contributed by atoms with E-state index in [2.05, 4.69) is 0 Å². The Morgan fingerprint density at radius 2 is 1.65 bits per heavy atom. The summed E-state index contributed by atoms with van der Waals surface area (Å²) in [5, 5.41) is 8.55. The molecule has 4 nitrogen and oxygen atoms in total. The molecule has 0 aliphatic carbocycles. The Hall–Kier alpha value is -1.48. The van der Waals surface area contributed by atoms with Gasteiger partial charge in [0.15, 0.2) is 0 Å². The van der Waals surface area contributed by atoms with E-state index in [-0.39, 0.29) is 19.4 Å².